The van der Waals surface area contributed by atoms with Crippen LogP contribution in [0.4, 0.5) is 16.2 Å². The molecular formula is C18H22N2O4S. The molecule has 7 heteroatoms. The minimum absolute atomic E-state index is 0.179. The molecule has 134 valence electrons. The highest BCUT2D eigenvalue weighted by molar-refractivity contribution is 7.92. The zero-order valence-corrected chi connectivity index (χ0v) is 15.5. The molecular weight excluding hydrogens is 340 g/mol. The molecule has 25 heavy (non-hydrogen) atoms. The molecule has 0 radical (unpaired) electrons. The molecule has 0 spiro atoms. The van der Waals surface area contributed by atoms with Gasteiger partial charge in [-0.05, 0) is 63.6 Å². The summed E-state index contributed by atoms with van der Waals surface area (Å²) in [4.78, 5) is 12.0. The van der Waals surface area contributed by atoms with Crippen molar-refractivity contribution < 1.29 is 17.9 Å². The van der Waals surface area contributed by atoms with Crippen LogP contribution in [0.3, 0.4) is 0 Å². The Bertz CT molecular complexity index is 871. The molecule has 0 aliphatic rings. The predicted molar refractivity (Wildman–Crippen MR) is 98.3 cm³/mol. The SMILES string of the molecule is Cc1cccc(S(=O)(=O)Nc2cccc(NC(=O)OC(C)(C)C)c2)c1. The van der Waals surface area contributed by atoms with Gasteiger partial charge in [0.1, 0.15) is 5.60 Å². The second-order valence-corrected chi connectivity index (χ2v) is 8.31. The number of nitrogens with one attached hydrogen (secondary N) is 2. The molecule has 0 unspecified atom stereocenters. The van der Waals surface area contributed by atoms with Crippen molar-refractivity contribution in [2.24, 2.45) is 0 Å². The first-order valence-electron chi connectivity index (χ1n) is 7.75. The van der Waals surface area contributed by atoms with Crippen molar-refractivity contribution in [1.29, 1.82) is 0 Å². The van der Waals surface area contributed by atoms with Crippen molar-refractivity contribution in [2.45, 2.75) is 38.2 Å². The Morgan fingerprint density at radius 3 is 2.28 bits per heavy atom. The highest BCUT2D eigenvalue weighted by Gasteiger charge is 2.17. The van der Waals surface area contributed by atoms with Gasteiger partial charge in [-0.2, -0.15) is 0 Å². The number of amides is 1. The van der Waals surface area contributed by atoms with Crippen molar-refractivity contribution in [3.8, 4) is 0 Å². The van der Waals surface area contributed by atoms with Crippen molar-refractivity contribution >= 4 is 27.5 Å². The fourth-order valence-electron chi connectivity index (χ4n) is 2.08. The number of hydrogen-bond donors (Lipinski definition) is 2. The molecule has 0 aromatic heterocycles. The van der Waals surface area contributed by atoms with Gasteiger partial charge in [0, 0.05) is 5.69 Å². The highest BCUT2D eigenvalue weighted by atomic mass is 32.2. The average Bonchev–Trinajstić information content (AvgIpc) is 2.45. The maximum atomic E-state index is 12.5. The lowest BCUT2D eigenvalue weighted by Gasteiger charge is -2.19. The molecule has 6 nitrogen and oxygen atoms in total. The van der Waals surface area contributed by atoms with Crippen LogP contribution < -0.4 is 10.0 Å². The van der Waals surface area contributed by atoms with E-state index in [1.807, 2.05) is 13.0 Å². The van der Waals surface area contributed by atoms with E-state index in [4.69, 9.17) is 4.74 Å². The number of anilines is 2. The number of sulfonamides is 1. The number of carbonyl (C=O) groups excluding carboxylic acids is 1. The van der Waals surface area contributed by atoms with Gasteiger partial charge in [0.05, 0.1) is 10.6 Å². The lowest BCUT2D eigenvalue weighted by Crippen LogP contribution is -2.27. The summed E-state index contributed by atoms with van der Waals surface area (Å²) in [6.07, 6.45) is -0.605. The molecule has 0 heterocycles. The first-order valence-corrected chi connectivity index (χ1v) is 9.23. The summed E-state index contributed by atoms with van der Waals surface area (Å²) < 4.78 is 32.6. The van der Waals surface area contributed by atoms with Crippen LogP contribution in [0, 0.1) is 6.92 Å². The Labute approximate surface area is 148 Å². The topological polar surface area (TPSA) is 84.5 Å². The fraction of sp³-hybridized carbons (Fsp3) is 0.278. The number of benzene rings is 2. The van der Waals surface area contributed by atoms with Crippen LogP contribution >= 0.6 is 0 Å². The molecule has 0 bridgehead atoms. The lowest BCUT2D eigenvalue weighted by atomic mass is 10.2. The number of rotatable bonds is 4. The third kappa shape index (κ3) is 5.79. The summed E-state index contributed by atoms with van der Waals surface area (Å²) in [5.41, 5.74) is 1.01. The molecule has 0 aliphatic carbocycles. The average molecular weight is 362 g/mol. The predicted octanol–water partition coefficient (Wildman–Crippen LogP) is 4.14. The van der Waals surface area contributed by atoms with Crippen LogP contribution in [0.25, 0.3) is 0 Å². The second-order valence-electron chi connectivity index (χ2n) is 6.63. The van der Waals surface area contributed by atoms with Gasteiger partial charge in [-0.1, -0.05) is 18.2 Å². The van der Waals surface area contributed by atoms with E-state index in [9.17, 15) is 13.2 Å². The van der Waals surface area contributed by atoms with E-state index in [1.54, 1.807) is 51.1 Å². The first-order chi connectivity index (χ1) is 11.5. The lowest BCUT2D eigenvalue weighted by molar-refractivity contribution is 0.0636. The zero-order valence-electron chi connectivity index (χ0n) is 14.7. The Kier molecular flexibility index (Phi) is 5.37. The van der Waals surface area contributed by atoms with Gasteiger partial charge in [0.15, 0.2) is 0 Å². The van der Waals surface area contributed by atoms with Gasteiger partial charge in [-0.25, -0.2) is 13.2 Å². The van der Waals surface area contributed by atoms with Gasteiger partial charge in [-0.15, -0.1) is 0 Å². The van der Waals surface area contributed by atoms with Crippen LogP contribution in [-0.4, -0.2) is 20.1 Å². The second kappa shape index (κ2) is 7.14. The molecule has 2 aromatic carbocycles. The number of ether oxygens (including phenoxy) is 1. The van der Waals surface area contributed by atoms with E-state index in [0.29, 0.717) is 11.4 Å². The Hall–Kier alpha value is -2.54. The molecule has 2 rings (SSSR count). The highest BCUT2D eigenvalue weighted by Crippen LogP contribution is 2.20. The zero-order chi connectivity index (χ0) is 18.7. The standard InChI is InChI=1S/C18H22N2O4S/c1-13-7-5-10-16(11-13)25(22,23)20-15-9-6-8-14(12-15)19-17(21)24-18(2,3)4/h5-12,20H,1-4H3,(H,19,21). The third-order valence-corrected chi connectivity index (χ3v) is 4.44. The Morgan fingerprint density at radius 1 is 1.00 bits per heavy atom. The molecule has 0 atom stereocenters. The Morgan fingerprint density at radius 2 is 1.64 bits per heavy atom. The monoisotopic (exact) mass is 362 g/mol. The number of hydrogen-bond acceptors (Lipinski definition) is 4. The van der Waals surface area contributed by atoms with E-state index >= 15 is 0 Å². The Balaban J connectivity index is 2.15. The summed E-state index contributed by atoms with van der Waals surface area (Å²) in [6, 6.07) is 13.0. The minimum atomic E-state index is -3.70. The van der Waals surface area contributed by atoms with E-state index in [1.165, 1.54) is 12.1 Å². The number of carbonyl (C=O) groups is 1. The van der Waals surface area contributed by atoms with E-state index in [2.05, 4.69) is 10.0 Å². The van der Waals surface area contributed by atoms with Crippen molar-refractivity contribution in [1.82, 2.24) is 0 Å². The molecule has 0 saturated carbocycles. The minimum Gasteiger partial charge on any atom is -0.444 e. The summed E-state index contributed by atoms with van der Waals surface area (Å²) in [5, 5.41) is 2.58. The molecule has 1 amide bonds. The van der Waals surface area contributed by atoms with Crippen LogP contribution in [0.15, 0.2) is 53.4 Å². The number of aryl methyl sites for hydroxylation is 1. The first kappa shape index (κ1) is 18.8. The van der Waals surface area contributed by atoms with Crippen LogP contribution in [0.5, 0.6) is 0 Å². The molecule has 0 aliphatic heterocycles. The molecule has 0 saturated heterocycles. The van der Waals surface area contributed by atoms with Crippen LogP contribution in [0.1, 0.15) is 26.3 Å². The van der Waals surface area contributed by atoms with Gasteiger partial charge in [0.25, 0.3) is 10.0 Å². The van der Waals surface area contributed by atoms with Crippen molar-refractivity contribution in [2.75, 3.05) is 10.0 Å². The van der Waals surface area contributed by atoms with Gasteiger partial charge < -0.3 is 4.74 Å². The smallest absolute Gasteiger partial charge is 0.412 e. The fourth-order valence-corrected chi connectivity index (χ4v) is 3.23. The van der Waals surface area contributed by atoms with Gasteiger partial charge in [-0.3, -0.25) is 10.0 Å². The summed E-state index contributed by atoms with van der Waals surface area (Å²) in [6.45, 7) is 7.11. The van der Waals surface area contributed by atoms with E-state index in [-0.39, 0.29) is 4.90 Å². The summed E-state index contributed by atoms with van der Waals surface area (Å²) in [5.74, 6) is 0. The van der Waals surface area contributed by atoms with Gasteiger partial charge >= 0.3 is 6.09 Å². The maximum Gasteiger partial charge on any atom is 0.412 e. The normalized spacial score (nSPS) is 11.7. The third-order valence-electron chi connectivity index (χ3n) is 3.06. The van der Waals surface area contributed by atoms with Crippen molar-refractivity contribution in [3.63, 3.8) is 0 Å². The van der Waals surface area contributed by atoms with Crippen molar-refractivity contribution in [3.05, 3.63) is 54.1 Å². The van der Waals surface area contributed by atoms with Gasteiger partial charge in [0.2, 0.25) is 0 Å². The summed E-state index contributed by atoms with van der Waals surface area (Å²) >= 11 is 0. The molecule has 2 N–H and O–H groups in total. The van der Waals surface area contributed by atoms with Crippen LogP contribution in [0.2, 0.25) is 0 Å². The molecule has 0 fully saturated rings. The van der Waals surface area contributed by atoms with Crippen LogP contribution in [-0.2, 0) is 14.8 Å². The quantitative estimate of drug-likeness (QED) is 0.856. The van der Waals surface area contributed by atoms with E-state index < -0.39 is 21.7 Å². The summed E-state index contributed by atoms with van der Waals surface area (Å²) in [7, 11) is -3.70. The van der Waals surface area contributed by atoms with E-state index in [0.717, 1.165) is 5.56 Å². The molecule has 2 aromatic rings. The largest absolute Gasteiger partial charge is 0.444 e. The maximum absolute atomic E-state index is 12.5.